The Morgan fingerprint density at radius 3 is 2.83 bits per heavy atom. The highest BCUT2D eigenvalue weighted by molar-refractivity contribution is 7.99. The highest BCUT2D eigenvalue weighted by atomic mass is 35.5. The minimum atomic E-state index is -0.130. The van der Waals surface area contributed by atoms with E-state index in [2.05, 4.69) is 26.6 Å². The molecule has 0 aliphatic heterocycles. The predicted molar refractivity (Wildman–Crippen MR) is 121 cm³/mol. The molecule has 0 saturated carbocycles. The fourth-order valence-electron chi connectivity index (χ4n) is 3.35. The lowest BCUT2D eigenvalue weighted by molar-refractivity contribution is -0.118. The lowest BCUT2D eigenvalue weighted by atomic mass is 9.90. The Morgan fingerprint density at radius 1 is 1.23 bits per heavy atom. The number of thioether (sulfide) groups is 1. The van der Waals surface area contributed by atoms with Crippen LogP contribution in [0.1, 0.15) is 17.0 Å². The van der Waals surface area contributed by atoms with Gasteiger partial charge in [0, 0.05) is 46.7 Å². The molecule has 1 atom stereocenters. The van der Waals surface area contributed by atoms with Crippen LogP contribution in [0, 0.1) is 0 Å². The summed E-state index contributed by atoms with van der Waals surface area (Å²) in [6.45, 7) is 0.404. The molecule has 2 N–H and O–H groups in total. The topological polar surface area (TPSA) is 75.6 Å². The fraction of sp³-hybridized carbons (Fsp3) is 0.190. The van der Waals surface area contributed by atoms with Gasteiger partial charge in [0.1, 0.15) is 6.33 Å². The molecule has 0 fully saturated rings. The number of H-pyrrole nitrogens is 1. The molecule has 2 heterocycles. The van der Waals surface area contributed by atoms with Crippen molar-refractivity contribution in [2.24, 2.45) is 7.05 Å². The van der Waals surface area contributed by atoms with Crippen LogP contribution in [0.5, 0.6) is 0 Å². The maximum absolute atomic E-state index is 12.5. The van der Waals surface area contributed by atoms with Gasteiger partial charge >= 0.3 is 0 Å². The second-order valence-electron chi connectivity index (χ2n) is 6.83. The lowest BCUT2D eigenvalue weighted by Crippen LogP contribution is -2.30. The number of nitrogens with zero attached hydrogens (tertiary/aromatic N) is 3. The summed E-state index contributed by atoms with van der Waals surface area (Å²) in [6.07, 6.45) is 3.58. The van der Waals surface area contributed by atoms with Crippen molar-refractivity contribution >= 4 is 51.8 Å². The summed E-state index contributed by atoms with van der Waals surface area (Å²) >= 11 is 14.0. The summed E-state index contributed by atoms with van der Waals surface area (Å²) in [5.41, 5.74) is 3.01. The molecule has 9 heteroatoms. The first-order valence-electron chi connectivity index (χ1n) is 9.27. The van der Waals surface area contributed by atoms with E-state index in [1.54, 1.807) is 17.0 Å². The molecule has 0 unspecified atom stereocenters. The molecule has 0 aliphatic carbocycles. The zero-order valence-electron chi connectivity index (χ0n) is 16.1. The van der Waals surface area contributed by atoms with Crippen LogP contribution in [-0.4, -0.2) is 38.0 Å². The normalized spacial score (nSPS) is 12.2. The second kappa shape index (κ2) is 9.12. The van der Waals surface area contributed by atoms with Crippen LogP contribution >= 0.6 is 35.0 Å². The number of benzene rings is 2. The third kappa shape index (κ3) is 4.48. The van der Waals surface area contributed by atoms with E-state index in [9.17, 15) is 4.79 Å². The van der Waals surface area contributed by atoms with Gasteiger partial charge in [0.05, 0.1) is 5.75 Å². The number of hydrogen-bond acceptors (Lipinski definition) is 4. The highest BCUT2D eigenvalue weighted by Gasteiger charge is 2.21. The van der Waals surface area contributed by atoms with Gasteiger partial charge in [0.25, 0.3) is 0 Å². The average Bonchev–Trinajstić information content (AvgIpc) is 3.34. The van der Waals surface area contributed by atoms with Gasteiger partial charge in [-0.05, 0) is 29.3 Å². The van der Waals surface area contributed by atoms with Crippen molar-refractivity contribution in [2.75, 3.05) is 12.3 Å². The maximum Gasteiger partial charge on any atom is 0.230 e. The number of halogens is 2. The molecule has 0 saturated heterocycles. The Morgan fingerprint density at radius 2 is 2.07 bits per heavy atom. The van der Waals surface area contributed by atoms with Crippen molar-refractivity contribution in [1.82, 2.24) is 25.1 Å². The molecule has 4 aromatic rings. The quantitative estimate of drug-likeness (QED) is 0.394. The molecular formula is C21H19Cl2N5OS. The summed E-state index contributed by atoms with van der Waals surface area (Å²) in [5, 5.41) is 13.8. The Kier molecular flexibility index (Phi) is 6.32. The molecule has 0 bridgehead atoms. The predicted octanol–water partition coefficient (Wildman–Crippen LogP) is 4.64. The van der Waals surface area contributed by atoms with Crippen LogP contribution in [0.25, 0.3) is 10.9 Å². The molecule has 2 aromatic heterocycles. The van der Waals surface area contributed by atoms with Gasteiger partial charge < -0.3 is 14.9 Å². The van der Waals surface area contributed by atoms with Gasteiger partial charge in [-0.15, -0.1) is 10.2 Å². The summed E-state index contributed by atoms with van der Waals surface area (Å²) in [7, 11) is 1.84. The Bertz CT molecular complexity index is 1190. The van der Waals surface area contributed by atoms with Crippen molar-refractivity contribution in [2.45, 2.75) is 11.1 Å². The average molecular weight is 460 g/mol. The number of hydrogen-bond donors (Lipinski definition) is 2. The Labute approximate surface area is 188 Å². The van der Waals surface area contributed by atoms with Crippen molar-refractivity contribution in [3.8, 4) is 0 Å². The number of para-hydroxylation sites is 1. The number of carbonyl (C=O) groups is 1. The van der Waals surface area contributed by atoms with Gasteiger partial charge in [0.15, 0.2) is 5.16 Å². The van der Waals surface area contributed by atoms with Crippen LogP contribution in [0.2, 0.25) is 10.0 Å². The van der Waals surface area contributed by atoms with Crippen LogP contribution in [0.3, 0.4) is 0 Å². The summed E-state index contributed by atoms with van der Waals surface area (Å²) in [5.74, 6) is 0.0363. The number of amides is 1. The number of aromatic amines is 1. The van der Waals surface area contributed by atoms with E-state index in [0.29, 0.717) is 21.7 Å². The van der Waals surface area contributed by atoms with Crippen molar-refractivity contribution in [3.63, 3.8) is 0 Å². The van der Waals surface area contributed by atoms with Gasteiger partial charge in [-0.25, -0.2) is 0 Å². The molecule has 0 aliphatic rings. The largest absolute Gasteiger partial charge is 0.361 e. The number of rotatable bonds is 7. The van der Waals surface area contributed by atoms with E-state index < -0.39 is 0 Å². The van der Waals surface area contributed by atoms with E-state index >= 15 is 0 Å². The number of carbonyl (C=O) groups excluding carboxylic acids is 1. The van der Waals surface area contributed by atoms with Crippen molar-refractivity contribution in [3.05, 3.63) is 76.2 Å². The first-order chi connectivity index (χ1) is 14.5. The standard InChI is InChI=1S/C21H19Cl2N5OS/c1-28-12-26-27-21(28)30-11-20(29)25-10-16(14-7-6-13(22)8-18(14)23)17-9-24-19-5-3-2-4-15(17)19/h2-9,12,16,24H,10-11H2,1H3,(H,25,29)/t16-/m1/s1. The van der Waals surface area contributed by atoms with E-state index in [1.165, 1.54) is 11.8 Å². The molecule has 2 aromatic carbocycles. The van der Waals surface area contributed by atoms with E-state index in [0.717, 1.165) is 22.0 Å². The molecule has 30 heavy (non-hydrogen) atoms. The number of aryl methyl sites for hydroxylation is 1. The number of nitrogens with one attached hydrogen (secondary N) is 2. The Hall–Kier alpha value is -2.48. The van der Waals surface area contributed by atoms with Crippen molar-refractivity contribution < 1.29 is 4.79 Å². The van der Waals surface area contributed by atoms with Gasteiger partial charge in [-0.1, -0.05) is 59.2 Å². The molecule has 154 valence electrons. The lowest BCUT2D eigenvalue weighted by Gasteiger charge is -2.19. The van der Waals surface area contributed by atoms with Gasteiger partial charge in [-0.2, -0.15) is 0 Å². The zero-order valence-corrected chi connectivity index (χ0v) is 18.4. The minimum absolute atomic E-state index is 0.0853. The van der Waals surface area contributed by atoms with E-state index in [4.69, 9.17) is 23.2 Å². The van der Waals surface area contributed by atoms with Crippen LogP contribution in [0.15, 0.2) is 60.1 Å². The van der Waals surface area contributed by atoms with Gasteiger partial charge in [0.2, 0.25) is 5.91 Å². The summed E-state index contributed by atoms with van der Waals surface area (Å²) in [6, 6.07) is 13.5. The van der Waals surface area contributed by atoms with Crippen LogP contribution in [-0.2, 0) is 11.8 Å². The van der Waals surface area contributed by atoms with Crippen molar-refractivity contribution in [1.29, 1.82) is 0 Å². The molecule has 6 nitrogen and oxygen atoms in total. The third-order valence-electron chi connectivity index (χ3n) is 4.84. The maximum atomic E-state index is 12.5. The monoisotopic (exact) mass is 459 g/mol. The highest BCUT2D eigenvalue weighted by Crippen LogP contribution is 2.35. The third-order valence-corrected chi connectivity index (χ3v) is 6.44. The molecule has 0 spiro atoms. The molecule has 0 radical (unpaired) electrons. The Balaban J connectivity index is 1.56. The van der Waals surface area contributed by atoms with Gasteiger partial charge in [-0.3, -0.25) is 4.79 Å². The number of aromatic nitrogens is 4. The number of fused-ring (bicyclic) bond motifs is 1. The second-order valence-corrected chi connectivity index (χ2v) is 8.61. The van der Waals surface area contributed by atoms with Crippen LogP contribution in [0.4, 0.5) is 0 Å². The first-order valence-corrected chi connectivity index (χ1v) is 11.0. The fourth-order valence-corrected chi connectivity index (χ4v) is 4.61. The SMILES string of the molecule is Cn1cnnc1SCC(=O)NC[C@H](c1ccc(Cl)cc1Cl)c1c[nH]c2ccccc12. The molecule has 1 amide bonds. The first kappa shape index (κ1) is 20.8. The molecular weight excluding hydrogens is 441 g/mol. The smallest absolute Gasteiger partial charge is 0.230 e. The summed E-state index contributed by atoms with van der Waals surface area (Å²) < 4.78 is 1.78. The van der Waals surface area contributed by atoms with Crippen LogP contribution < -0.4 is 5.32 Å². The summed E-state index contributed by atoms with van der Waals surface area (Å²) in [4.78, 5) is 15.8. The van der Waals surface area contributed by atoms with E-state index in [1.807, 2.05) is 43.6 Å². The molecule has 4 rings (SSSR count). The zero-order chi connectivity index (χ0) is 21.1. The van der Waals surface area contributed by atoms with E-state index in [-0.39, 0.29) is 17.6 Å². The minimum Gasteiger partial charge on any atom is -0.361 e.